The Morgan fingerprint density at radius 2 is 1.70 bits per heavy atom. The van der Waals surface area contributed by atoms with Gasteiger partial charge in [-0.15, -0.1) is 0 Å². The van der Waals surface area contributed by atoms with Crippen LogP contribution in [0.2, 0.25) is 10.0 Å². The average Bonchev–Trinajstić information content (AvgIpc) is 2.78. The van der Waals surface area contributed by atoms with Gasteiger partial charge in [0.2, 0.25) is 5.91 Å². The predicted octanol–water partition coefficient (Wildman–Crippen LogP) is 4.15. The molecule has 0 bridgehead atoms. The van der Waals surface area contributed by atoms with Crippen LogP contribution < -0.4 is 9.47 Å². The summed E-state index contributed by atoms with van der Waals surface area (Å²) in [7, 11) is 1.57. The summed E-state index contributed by atoms with van der Waals surface area (Å²) < 4.78 is 10.8. The third kappa shape index (κ3) is 5.58. The van der Waals surface area contributed by atoms with E-state index in [4.69, 9.17) is 32.7 Å². The second-order valence-corrected chi connectivity index (χ2v) is 7.69. The van der Waals surface area contributed by atoms with Gasteiger partial charge in [0.05, 0.1) is 18.7 Å². The largest absolute Gasteiger partial charge is 0.497 e. The summed E-state index contributed by atoms with van der Waals surface area (Å²) in [5, 5.41) is 0.814. The number of benzene rings is 2. The number of ether oxygens (including phenoxy) is 2. The zero-order valence-electron chi connectivity index (χ0n) is 16.8. The van der Waals surface area contributed by atoms with Gasteiger partial charge in [-0.25, -0.2) is 0 Å². The van der Waals surface area contributed by atoms with Gasteiger partial charge in [0.1, 0.15) is 16.5 Å². The van der Waals surface area contributed by atoms with Crippen molar-refractivity contribution in [2.45, 2.75) is 12.8 Å². The second kappa shape index (κ2) is 10.5. The Morgan fingerprint density at radius 3 is 2.43 bits per heavy atom. The molecule has 30 heavy (non-hydrogen) atoms. The van der Waals surface area contributed by atoms with Crippen LogP contribution in [-0.4, -0.2) is 61.5 Å². The van der Waals surface area contributed by atoms with Crippen LogP contribution in [0.15, 0.2) is 42.5 Å². The van der Waals surface area contributed by atoms with Crippen LogP contribution in [0, 0.1) is 0 Å². The highest BCUT2D eigenvalue weighted by molar-refractivity contribution is 6.42. The van der Waals surface area contributed by atoms with Crippen molar-refractivity contribution < 1.29 is 19.1 Å². The van der Waals surface area contributed by atoms with E-state index in [2.05, 4.69) is 0 Å². The molecule has 1 fully saturated rings. The summed E-state index contributed by atoms with van der Waals surface area (Å²) in [6.45, 7) is 2.44. The number of hydrogen-bond acceptors (Lipinski definition) is 4. The van der Waals surface area contributed by atoms with E-state index in [9.17, 15) is 9.59 Å². The Bertz CT molecular complexity index is 898. The van der Waals surface area contributed by atoms with E-state index in [1.165, 1.54) is 0 Å². The number of amides is 2. The summed E-state index contributed by atoms with van der Waals surface area (Å²) in [6.07, 6.45) is 0.951. The van der Waals surface area contributed by atoms with Crippen LogP contribution in [0.1, 0.15) is 23.2 Å². The zero-order chi connectivity index (χ0) is 21.5. The molecule has 2 aromatic carbocycles. The van der Waals surface area contributed by atoms with Gasteiger partial charge < -0.3 is 19.3 Å². The fourth-order valence-corrected chi connectivity index (χ4v) is 3.60. The number of nitrogens with zero attached hydrogens (tertiary/aromatic N) is 2. The van der Waals surface area contributed by atoms with E-state index in [0.717, 1.165) is 0 Å². The predicted molar refractivity (Wildman–Crippen MR) is 117 cm³/mol. The van der Waals surface area contributed by atoms with Gasteiger partial charge in [0.25, 0.3) is 5.91 Å². The van der Waals surface area contributed by atoms with Gasteiger partial charge in [-0.3, -0.25) is 9.59 Å². The number of methoxy groups -OCH3 is 1. The van der Waals surface area contributed by atoms with Crippen LogP contribution in [0.4, 0.5) is 0 Å². The van der Waals surface area contributed by atoms with E-state index in [-0.39, 0.29) is 11.8 Å². The molecule has 2 aromatic rings. The fourth-order valence-electron chi connectivity index (χ4n) is 3.26. The van der Waals surface area contributed by atoms with Crippen molar-refractivity contribution in [2.24, 2.45) is 0 Å². The maximum Gasteiger partial charge on any atom is 0.254 e. The second-order valence-electron chi connectivity index (χ2n) is 6.91. The van der Waals surface area contributed by atoms with Gasteiger partial charge in [-0.1, -0.05) is 35.3 Å². The number of carbonyl (C=O) groups is 2. The Kier molecular flexibility index (Phi) is 7.82. The molecule has 1 heterocycles. The Hall–Kier alpha value is -2.44. The number of piperazine rings is 1. The molecule has 160 valence electrons. The summed E-state index contributed by atoms with van der Waals surface area (Å²) in [5.74, 6) is 1.18. The molecule has 8 heteroatoms. The minimum absolute atomic E-state index is 0.0483. The van der Waals surface area contributed by atoms with Crippen molar-refractivity contribution in [1.82, 2.24) is 9.80 Å². The maximum absolute atomic E-state index is 12.7. The molecule has 0 unspecified atom stereocenters. The third-order valence-corrected chi connectivity index (χ3v) is 5.75. The minimum Gasteiger partial charge on any atom is -0.497 e. The van der Waals surface area contributed by atoms with Crippen LogP contribution >= 0.6 is 23.2 Å². The summed E-state index contributed by atoms with van der Waals surface area (Å²) >= 11 is 12.0. The fraction of sp³-hybridized carbons (Fsp3) is 0.364. The molecular weight excluding hydrogens is 427 g/mol. The minimum atomic E-state index is -0.0483. The summed E-state index contributed by atoms with van der Waals surface area (Å²) in [5.41, 5.74) is 0.589. The number of rotatable bonds is 7. The molecule has 1 saturated heterocycles. The summed E-state index contributed by atoms with van der Waals surface area (Å²) in [4.78, 5) is 28.7. The molecule has 0 radical (unpaired) electrons. The molecule has 0 saturated carbocycles. The molecule has 6 nitrogen and oxygen atoms in total. The van der Waals surface area contributed by atoms with Crippen molar-refractivity contribution in [1.29, 1.82) is 0 Å². The van der Waals surface area contributed by atoms with Crippen molar-refractivity contribution in [3.05, 3.63) is 58.1 Å². The average molecular weight is 451 g/mol. The maximum atomic E-state index is 12.7. The highest BCUT2D eigenvalue weighted by Gasteiger charge is 2.24. The zero-order valence-corrected chi connectivity index (χ0v) is 18.3. The van der Waals surface area contributed by atoms with E-state index < -0.39 is 0 Å². The highest BCUT2D eigenvalue weighted by atomic mass is 35.5. The Labute approximate surface area is 186 Å². The third-order valence-electron chi connectivity index (χ3n) is 4.94. The van der Waals surface area contributed by atoms with E-state index in [1.807, 2.05) is 0 Å². The van der Waals surface area contributed by atoms with Gasteiger partial charge >= 0.3 is 0 Å². The number of hydrogen-bond donors (Lipinski definition) is 0. The topological polar surface area (TPSA) is 59.1 Å². The van der Waals surface area contributed by atoms with Crippen LogP contribution in [0.25, 0.3) is 0 Å². The lowest BCUT2D eigenvalue weighted by atomic mass is 10.1. The first-order valence-electron chi connectivity index (χ1n) is 9.77. The SMILES string of the molecule is COc1cccc(C(=O)N2CCN(C(=O)CCCOc3cccc(Cl)c3Cl)CC2)c1. The van der Waals surface area contributed by atoms with Crippen molar-refractivity contribution in [3.8, 4) is 11.5 Å². The first-order chi connectivity index (χ1) is 14.5. The number of halogens is 2. The van der Waals surface area contributed by atoms with Crippen LogP contribution in [0.3, 0.4) is 0 Å². The van der Waals surface area contributed by atoms with Gasteiger partial charge in [-0.2, -0.15) is 0 Å². The lowest BCUT2D eigenvalue weighted by Crippen LogP contribution is -2.50. The normalized spacial score (nSPS) is 13.8. The lowest BCUT2D eigenvalue weighted by molar-refractivity contribution is -0.132. The molecule has 1 aliphatic rings. The van der Waals surface area contributed by atoms with E-state index in [1.54, 1.807) is 59.4 Å². The van der Waals surface area contributed by atoms with Gasteiger partial charge in [0.15, 0.2) is 0 Å². The van der Waals surface area contributed by atoms with E-state index in [0.29, 0.717) is 72.7 Å². The smallest absolute Gasteiger partial charge is 0.254 e. The lowest BCUT2D eigenvalue weighted by Gasteiger charge is -2.35. The van der Waals surface area contributed by atoms with Crippen molar-refractivity contribution in [2.75, 3.05) is 39.9 Å². The first kappa shape index (κ1) is 22.2. The molecule has 0 aliphatic carbocycles. The van der Waals surface area contributed by atoms with Crippen molar-refractivity contribution >= 4 is 35.0 Å². The van der Waals surface area contributed by atoms with Gasteiger partial charge in [-0.05, 0) is 36.8 Å². The molecule has 0 aromatic heterocycles. The van der Waals surface area contributed by atoms with Gasteiger partial charge in [0, 0.05) is 38.2 Å². The van der Waals surface area contributed by atoms with Crippen LogP contribution in [-0.2, 0) is 4.79 Å². The molecule has 0 spiro atoms. The molecule has 1 aliphatic heterocycles. The number of carbonyl (C=O) groups excluding carboxylic acids is 2. The highest BCUT2D eigenvalue weighted by Crippen LogP contribution is 2.31. The molecule has 0 atom stereocenters. The Morgan fingerprint density at radius 1 is 1.00 bits per heavy atom. The van der Waals surface area contributed by atoms with Crippen LogP contribution in [0.5, 0.6) is 11.5 Å². The monoisotopic (exact) mass is 450 g/mol. The molecule has 3 rings (SSSR count). The quantitative estimate of drug-likeness (QED) is 0.594. The molecular formula is C22H24Cl2N2O4. The first-order valence-corrected chi connectivity index (χ1v) is 10.5. The standard InChI is InChI=1S/C22H24Cl2N2O4/c1-29-17-6-2-5-16(15-17)22(28)26-12-10-25(11-13-26)20(27)9-4-14-30-19-8-3-7-18(23)21(19)24/h2-3,5-8,15H,4,9-14H2,1H3. The van der Waals surface area contributed by atoms with E-state index >= 15 is 0 Å². The Balaban J connectivity index is 1.41. The molecule has 0 N–H and O–H groups in total. The molecule has 2 amide bonds. The van der Waals surface area contributed by atoms with Crippen molar-refractivity contribution in [3.63, 3.8) is 0 Å². The summed E-state index contributed by atoms with van der Waals surface area (Å²) in [6, 6.07) is 12.3.